The summed E-state index contributed by atoms with van der Waals surface area (Å²) in [6, 6.07) is 2.08. The fraction of sp³-hybridized carbons (Fsp3) is 0.600. The number of nitrogens with one attached hydrogen (secondary N) is 1. The number of imidazole rings is 1. The van der Waals surface area contributed by atoms with Crippen molar-refractivity contribution in [3.8, 4) is 0 Å². The SMILES string of the molecule is CNCC1CN(Cc2cn3c(C)cc(C)nc3n2)CCO1. The van der Waals surface area contributed by atoms with Crippen LogP contribution in [0.5, 0.6) is 0 Å². The minimum absolute atomic E-state index is 0.267. The number of fused-ring (bicyclic) bond motifs is 1. The lowest BCUT2D eigenvalue weighted by Crippen LogP contribution is -2.45. The van der Waals surface area contributed by atoms with E-state index in [1.54, 1.807) is 0 Å². The molecule has 2 aromatic heterocycles. The van der Waals surface area contributed by atoms with Crippen molar-refractivity contribution >= 4 is 5.78 Å². The molecule has 1 fully saturated rings. The molecule has 6 heteroatoms. The highest BCUT2D eigenvalue weighted by atomic mass is 16.5. The summed E-state index contributed by atoms with van der Waals surface area (Å²) >= 11 is 0. The number of aromatic nitrogens is 3. The Balaban J connectivity index is 1.74. The lowest BCUT2D eigenvalue weighted by Gasteiger charge is -2.32. The molecule has 0 spiro atoms. The highest BCUT2D eigenvalue weighted by Crippen LogP contribution is 2.12. The van der Waals surface area contributed by atoms with Gasteiger partial charge in [-0.05, 0) is 27.0 Å². The number of likely N-dealkylation sites (N-methyl/N-ethyl adjacent to an activating group) is 1. The number of ether oxygens (including phenoxy) is 1. The summed E-state index contributed by atoms with van der Waals surface area (Å²) < 4.78 is 7.80. The van der Waals surface area contributed by atoms with E-state index in [4.69, 9.17) is 4.74 Å². The summed E-state index contributed by atoms with van der Waals surface area (Å²) in [5.41, 5.74) is 3.25. The standard InChI is InChI=1S/C15H23N5O/c1-11-6-12(2)20-9-13(18-15(20)17-11)8-19-4-5-21-14(10-19)7-16-3/h6,9,14,16H,4-5,7-8,10H2,1-3H3. The molecule has 0 saturated carbocycles. The van der Waals surface area contributed by atoms with Gasteiger partial charge in [0, 0.05) is 43.8 Å². The summed E-state index contributed by atoms with van der Waals surface area (Å²) in [5, 5.41) is 3.18. The minimum Gasteiger partial charge on any atom is -0.374 e. The Morgan fingerprint density at radius 2 is 2.24 bits per heavy atom. The third kappa shape index (κ3) is 3.23. The van der Waals surface area contributed by atoms with Crippen molar-refractivity contribution in [2.45, 2.75) is 26.5 Å². The van der Waals surface area contributed by atoms with Crippen LogP contribution in [0.3, 0.4) is 0 Å². The molecular weight excluding hydrogens is 266 g/mol. The number of hydrogen-bond donors (Lipinski definition) is 1. The van der Waals surface area contributed by atoms with Crippen molar-refractivity contribution in [3.63, 3.8) is 0 Å². The Morgan fingerprint density at radius 3 is 3.05 bits per heavy atom. The fourth-order valence-electron chi connectivity index (χ4n) is 2.90. The quantitative estimate of drug-likeness (QED) is 0.901. The summed E-state index contributed by atoms with van der Waals surface area (Å²) in [6.07, 6.45) is 2.36. The molecule has 114 valence electrons. The Hall–Kier alpha value is -1.50. The molecule has 0 radical (unpaired) electrons. The van der Waals surface area contributed by atoms with Gasteiger partial charge in [0.1, 0.15) is 0 Å². The van der Waals surface area contributed by atoms with Crippen LogP contribution in [0.1, 0.15) is 17.1 Å². The minimum atomic E-state index is 0.267. The first kappa shape index (κ1) is 14.4. The second-order valence-electron chi connectivity index (χ2n) is 5.73. The maximum atomic E-state index is 5.74. The van der Waals surface area contributed by atoms with Crippen LogP contribution in [-0.4, -0.2) is 58.7 Å². The van der Waals surface area contributed by atoms with E-state index in [9.17, 15) is 0 Å². The van der Waals surface area contributed by atoms with Crippen LogP contribution in [0, 0.1) is 13.8 Å². The van der Waals surface area contributed by atoms with Gasteiger partial charge in [-0.2, -0.15) is 0 Å². The van der Waals surface area contributed by atoms with Crippen LogP contribution in [0.25, 0.3) is 5.78 Å². The molecule has 1 unspecified atom stereocenters. The molecule has 0 amide bonds. The van der Waals surface area contributed by atoms with Gasteiger partial charge in [-0.1, -0.05) is 0 Å². The van der Waals surface area contributed by atoms with E-state index in [0.717, 1.165) is 50.0 Å². The second kappa shape index (κ2) is 6.09. The van der Waals surface area contributed by atoms with Crippen molar-refractivity contribution in [3.05, 3.63) is 29.3 Å². The molecule has 1 atom stereocenters. The van der Waals surface area contributed by atoms with Gasteiger partial charge in [-0.25, -0.2) is 9.97 Å². The van der Waals surface area contributed by atoms with Gasteiger partial charge in [0.15, 0.2) is 0 Å². The first-order valence-electron chi connectivity index (χ1n) is 7.46. The van der Waals surface area contributed by atoms with Crippen LogP contribution in [0.2, 0.25) is 0 Å². The molecule has 1 N–H and O–H groups in total. The van der Waals surface area contributed by atoms with Crippen LogP contribution in [-0.2, 0) is 11.3 Å². The van der Waals surface area contributed by atoms with Crippen molar-refractivity contribution in [1.82, 2.24) is 24.6 Å². The van der Waals surface area contributed by atoms with Gasteiger partial charge in [0.2, 0.25) is 5.78 Å². The van der Waals surface area contributed by atoms with Gasteiger partial charge in [-0.3, -0.25) is 9.30 Å². The second-order valence-corrected chi connectivity index (χ2v) is 5.73. The molecule has 0 aliphatic carbocycles. The molecule has 3 heterocycles. The maximum absolute atomic E-state index is 5.74. The van der Waals surface area contributed by atoms with E-state index < -0.39 is 0 Å². The van der Waals surface area contributed by atoms with Crippen LogP contribution in [0.4, 0.5) is 0 Å². The number of nitrogens with zero attached hydrogens (tertiary/aromatic N) is 4. The maximum Gasteiger partial charge on any atom is 0.234 e. The Labute approximate surface area is 125 Å². The topological polar surface area (TPSA) is 54.7 Å². The molecule has 1 aliphatic heterocycles. The van der Waals surface area contributed by atoms with E-state index in [-0.39, 0.29) is 6.10 Å². The predicted octanol–water partition coefficient (Wildman–Crippen LogP) is 0.766. The van der Waals surface area contributed by atoms with Gasteiger partial charge >= 0.3 is 0 Å². The van der Waals surface area contributed by atoms with E-state index in [0.29, 0.717) is 0 Å². The van der Waals surface area contributed by atoms with Crippen molar-refractivity contribution < 1.29 is 4.74 Å². The molecule has 1 saturated heterocycles. The van der Waals surface area contributed by atoms with Crippen molar-refractivity contribution in [1.29, 1.82) is 0 Å². The molecule has 1 aliphatic rings. The predicted molar refractivity (Wildman–Crippen MR) is 81.4 cm³/mol. The Kier molecular flexibility index (Phi) is 4.19. The molecule has 21 heavy (non-hydrogen) atoms. The van der Waals surface area contributed by atoms with Crippen LogP contribution in [0.15, 0.2) is 12.3 Å². The van der Waals surface area contributed by atoms with Gasteiger partial charge in [0.05, 0.1) is 18.4 Å². The lowest BCUT2D eigenvalue weighted by molar-refractivity contribution is -0.0294. The van der Waals surface area contributed by atoms with Gasteiger partial charge < -0.3 is 10.1 Å². The summed E-state index contributed by atoms with van der Waals surface area (Å²) in [5.74, 6) is 0.794. The smallest absolute Gasteiger partial charge is 0.234 e. The average Bonchev–Trinajstić information content (AvgIpc) is 2.82. The average molecular weight is 289 g/mol. The third-order valence-electron chi connectivity index (χ3n) is 3.85. The zero-order valence-electron chi connectivity index (χ0n) is 13.0. The Morgan fingerprint density at radius 1 is 1.38 bits per heavy atom. The first-order valence-corrected chi connectivity index (χ1v) is 7.46. The lowest BCUT2D eigenvalue weighted by atomic mass is 10.2. The zero-order valence-corrected chi connectivity index (χ0v) is 13.0. The van der Waals surface area contributed by atoms with E-state index in [1.165, 1.54) is 5.69 Å². The van der Waals surface area contributed by atoms with Crippen molar-refractivity contribution in [2.75, 3.05) is 33.3 Å². The fourth-order valence-corrected chi connectivity index (χ4v) is 2.90. The third-order valence-corrected chi connectivity index (χ3v) is 3.85. The summed E-state index contributed by atoms with van der Waals surface area (Å²) in [7, 11) is 1.96. The Bertz CT molecular complexity index is 622. The molecule has 2 aromatic rings. The van der Waals surface area contributed by atoms with Crippen LogP contribution >= 0.6 is 0 Å². The number of aryl methyl sites for hydroxylation is 2. The molecule has 3 rings (SSSR count). The highest BCUT2D eigenvalue weighted by Gasteiger charge is 2.20. The largest absolute Gasteiger partial charge is 0.374 e. The molecule has 0 aromatic carbocycles. The first-order chi connectivity index (χ1) is 10.2. The number of rotatable bonds is 4. The number of hydrogen-bond acceptors (Lipinski definition) is 5. The molecule has 0 bridgehead atoms. The van der Waals surface area contributed by atoms with E-state index in [1.807, 2.05) is 14.0 Å². The number of morpholine rings is 1. The van der Waals surface area contributed by atoms with Gasteiger partial charge in [-0.15, -0.1) is 0 Å². The monoisotopic (exact) mass is 289 g/mol. The normalized spacial score (nSPS) is 20.2. The van der Waals surface area contributed by atoms with Gasteiger partial charge in [0.25, 0.3) is 0 Å². The zero-order chi connectivity index (χ0) is 14.8. The van der Waals surface area contributed by atoms with E-state index >= 15 is 0 Å². The summed E-state index contributed by atoms with van der Waals surface area (Å²) in [4.78, 5) is 11.5. The van der Waals surface area contributed by atoms with Crippen LogP contribution < -0.4 is 5.32 Å². The van der Waals surface area contributed by atoms with Crippen molar-refractivity contribution in [2.24, 2.45) is 0 Å². The van der Waals surface area contributed by atoms with E-state index in [2.05, 4.69) is 43.8 Å². The molecule has 6 nitrogen and oxygen atoms in total. The summed E-state index contributed by atoms with van der Waals surface area (Å²) in [6.45, 7) is 8.53. The highest BCUT2D eigenvalue weighted by molar-refractivity contribution is 5.34. The molecular formula is C15H23N5O.